The number of allylic oxidation sites excluding steroid dienone is 1. The van der Waals surface area contributed by atoms with Crippen molar-refractivity contribution < 1.29 is 34.1 Å². The maximum Gasteiger partial charge on any atom is 0.410 e. The molecule has 1 amide bonds. The number of nitrogens with one attached hydrogen (secondary N) is 1. The lowest BCUT2D eigenvalue weighted by atomic mass is 10.0. The third-order valence-corrected chi connectivity index (χ3v) is 5.18. The predicted molar refractivity (Wildman–Crippen MR) is 138 cm³/mol. The minimum Gasteiger partial charge on any atom is -0.506 e. The van der Waals surface area contributed by atoms with Crippen LogP contribution in [0.2, 0.25) is 0 Å². The molecular weight excluding hydrogens is 464 g/mol. The van der Waals surface area contributed by atoms with Gasteiger partial charge in [-0.2, -0.15) is 0 Å². The molecular formula is C27H34N2O7. The minimum atomic E-state index is -1.07. The summed E-state index contributed by atoms with van der Waals surface area (Å²) in [5.74, 6) is -0.659. The maximum absolute atomic E-state index is 13.1. The van der Waals surface area contributed by atoms with Crippen LogP contribution in [0.25, 0.3) is 6.08 Å². The molecule has 9 heteroatoms. The molecule has 0 aromatic heterocycles. The van der Waals surface area contributed by atoms with Crippen LogP contribution in [0, 0.1) is 0 Å². The van der Waals surface area contributed by atoms with Gasteiger partial charge in [0.05, 0.1) is 24.4 Å². The van der Waals surface area contributed by atoms with Gasteiger partial charge in [0, 0.05) is 24.7 Å². The fraction of sp³-hybridized carbons (Fsp3) is 0.370. The Balaban J connectivity index is 2.42. The molecule has 0 aliphatic carbocycles. The van der Waals surface area contributed by atoms with Crippen molar-refractivity contribution in [1.29, 1.82) is 0 Å². The van der Waals surface area contributed by atoms with E-state index in [1.165, 1.54) is 23.1 Å². The molecule has 0 aliphatic heterocycles. The number of aromatic hydroxyl groups is 1. The van der Waals surface area contributed by atoms with E-state index < -0.39 is 17.7 Å². The molecule has 0 saturated carbocycles. The molecule has 0 aliphatic rings. The molecule has 0 fully saturated rings. The summed E-state index contributed by atoms with van der Waals surface area (Å²) >= 11 is 0. The number of carboxylic acids is 1. The van der Waals surface area contributed by atoms with E-state index in [4.69, 9.17) is 9.47 Å². The van der Waals surface area contributed by atoms with E-state index >= 15 is 0 Å². The Morgan fingerprint density at radius 3 is 2.42 bits per heavy atom. The topological polar surface area (TPSA) is 125 Å². The zero-order valence-electron chi connectivity index (χ0n) is 21.3. The standard InChI is InChI=1S/C27H34N2O7/c1-6-35-23-16-19(25(32)33)9-10-20(23)17-29(26(34)36-27(2,3)4)14-13-18-11-12-22(31)24(28-5)21(18)8-7-15-30/h7-12,15-16,28,31H,6,13-14,17H2,1-5H3,(H,32,33)/b8-7-. The maximum atomic E-state index is 13.1. The van der Waals surface area contributed by atoms with Crippen LogP contribution in [0.4, 0.5) is 10.5 Å². The SMILES string of the molecule is CCOc1cc(C(=O)O)ccc1CN(CCc1ccc(O)c(NC)c1/C=C\C=O)C(=O)OC(C)(C)C. The highest BCUT2D eigenvalue weighted by Gasteiger charge is 2.24. The van der Waals surface area contributed by atoms with Crippen molar-refractivity contribution in [3.8, 4) is 11.5 Å². The second-order valence-corrected chi connectivity index (χ2v) is 8.99. The smallest absolute Gasteiger partial charge is 0.410 e. The van der Waals surface area contributed by atoms with Crippen LogP contribution in [-0.2, 0) is 22.5 Å². The lowest BCUT2D eigenvalue weighted by Gasteiger charge is -2.28. The number of carbonyl (C=O) groups excluding carboxylic acids is 2. The summed E-state index contributed by atoms with van der Waals surface area (Å²) in [7, 11) is 1.67. The number of rotatable bonds is 11. The number of ether oxygens (including phenoxy) is 2. The number of nitrogens with zero attached hydrogens (tertiary/aromatic N) is 1. The van der Waals surface area contributed by atoms with Crippen LogP contribution in [0.15, 0.2) is 36.4 Å². The van der Waals surface area contributed by atoms with Crippen molar-refractivity contribution in [3.05, 3.63) is 58.7 Å². The molecule has 194 valence electrons. The molecule has 0 heterocycles. The molecule has 2 rings (SSSR count). The molecule has 0 unspecified atom stereocenters. The Kier molecular flexibility index (Phi) is 9.90. The van der Waals surface area contributed by atoms with Gasteiger partial charge in [0.25, 0.3) is 0 Å². The van der Waals surface area contributed by atoms with Crippen molar-refractivity contribution in [2.75, 3.05) is 25.5 Å². The second kappa shape index (κ2) is 12.6. The number of hydrogen-bond acceptors (Lipinski definition) is 7. The number of phenolic OH excluding ortho intramolecular Hbond substituents is 1. The lowest BCUT2D eigenvalue weighted by molar-refractivity contribution is -0.104. The fourth-order valence-electron chi connectivity index (χ4n) is 3.59. The van der Waals surface area contributed by atoms with Crippen molar-refractivity contribution in [2.24, 2.45) is 0 Å². The summed E-state index contributed by atoms with van der Waals surface area (Å²) < 4.78 is 11.3. The quantitative estimate of drug-likeness (QED) is 0.231. The van der Waals surface area contributed by atoms with Gasteiger partial charge in [-0.25, -0.2) is 9.59 Å². The Morgan fingerprint density at radius 2 is 1.83 bits per heavy atom. The highest BCUT2D eigenvalue weighted by molar-refractivity contribution is 5.88. The number of benzene rings is 2. The number of carboxylic acid groups (broad SMARTS) is 1. The molecule has 2 aromatic carbocycles. The third kappa shape index (κ3) is 7.76. The monoisotopic (exact) mass is 498 g/mol. The molecule has 2 aromatic rings. The van der Waals surface area contributed by atoms with Crippen LogP contribution in [-0.4, -0.2) is 59.3 Å². The van der Waals surface area contributed by atoms with E-state index in [0.717, 1.165) is 5.56 Å². The summed E-state index contributed by atoms with van der Waals surface area (Å²) in [6.45, 7) is 7.82. The Morgan fingerprint density at radius 1 is 1.14 bits per heavy atom. The number of carbonyl (C=O) groups is 3. The zero-order valence-corrected chi connectivity index (χ0v) is 21.3. The first-order valence-corrected chi connectivity index (χ1v) is 11.6. The largest absolute Gasteiger partial charge is 0.506 e. The number of anilines is 1. The molecule has 36 heavy (non-hydrogen) atoms. The van der Waals surface area contributed by atoms with Gasteiger partial charge in [-0.3, -0.25) is 4.79 Å². The number of hydrogen-bond donors (Lipinski definition) is 3. The van der Waals surface area contributed by atoms with Crippen LogP contribution in [0.3, 0.4) is 0 Å². The Labute approximate surface area is 211 Å². The number of aldehydes is 1. The third-order valence-electron chi connectivity index (χ3n) is 5.18. The molecule has 9 nitrogen and oxygen atoms in total. The fourth-order valence-corrected chi connectivity index (χ4v) is 3.59. The van der Waals surface area contributed by atoms with Crippen LogP contribution in [0.1, 0.15) is 54.7 Å². The average Bonchev–Trinajstić information content (AvgIpc) is 2.80. The lowest BCUT2D eigenvalue weighted by Crippen LogP contribution is -2.37. The average molecular weight is 499 g/mol. The first kappa shape index (κ1) is 28.2. The number of phenols is 1. The van der Waals surface area contributed by atoms with E-state index in [1.807, 2.05) is 0 Å². The van der Waals surface area contributed by atoms with Gasteiger partial charge >= 0.3 is 12.1 Å². The molecule has 0 atom stereocenters. The first-order chi connectivity index (χ1) is 17.0. The minimum absolute atomic E-state index is 0.0377. The zero-order chi connectivity index (χ0) is 26.9. The van der Waals surface area contributed by atoms with Crippen molar-refractivity contribution >= 4 is 30.1 Å². The molecule has 0 bridgehead atoms. The highest BCUT2D eigenvalue weighted by Crippen LogP contribution is 2.32. The number of amides is 1. The van der Waals surface area contributed by atoms with E-state index in [2.05, 4.69) is 5.32 Å². The predicted octanol–water partition coefficient (Wildman–Crippen LogP) is 4.72. The molecule has 3 N–H and O–H groups in total. The van der Waals surface area contributed by atoms with Crippen LogP contribution < -0.4 is 10.1 Å². The van der Waals surface area contributed by atoms with Crippen LogP contribution in [0.5, 0.6) is 11.5 Å². The van der Waals surface area contributed by atoms with Gasteiger partial charge in [0.15, 0.2) is 0 Å². The first-order valence-electron chi connectivity index (χ1n) is 11.6. The van der Waals surface area contributed by atoms with E-state index in [-0.39, 0.29) is 24.4 Å². The van der Waals surface area contributed by atoms with Gasteiger partial charge < -0.3 is 29.9 Å². The van der Waals surface area contributed by atoms with Crippen molar-refractivity contribution in [2.45, 2.75) is 46.3 Å². The Bertz CT molecular complexity index is 1120. The second-order valence-electron chi connectivity index (χ2n) is 8.99. The van der Waals surface area contributed by atoms with Gasteiger partial charge in [0.1, 0.15) is 23.4 Å². The van der Waals surface area contributed by atoms with Crippen molar-refractivity contribution in [1.82, 2.24) is 4.90 Å². The van der Waals surface area contributed by atoms with Crippen LogP contribution >= 0.6 is 0 Å². The van der Waals surface area contributed by atoms with E-state index in [9.17, 15) is 24.6 Å². The van der Waals surface area contributed by atoms with Gasteiger partial charge in [-0.1, -0.05) is 12.1 Å². The van der Waals surface area contributed by atoms with Gasteiger partial charge in [0.2, 0.25) is 0 Å². The summed E-state index contributed by atoms with van der Waals surface area (Å²) in [5, 5.41) is 22.5. The number of aromatic carboxylic acids is 1. The molecule has 0 radical (unpaired) electrons. The van der Waals surface area contributed by atoms with E-state index in [0.29, 0.717) is 41.9 Å². The summed E-state index contributed by atoms with van der Waals surface area (Å²) in [6, 6.07) is 7.82. The summed E-state index contributed by atoms with van der Waals surface area (Å²) in [6.07, 6.45) is 3.44. The summed E-state index contributed by atoms with van der Waals surface area (Å²) in [5.41, 5.74) is 1.90. The summed E-state index contributed by atoms with van der Waals surface area (Å²) in [4.78, 5) is 37.0. The molecule has 0 spiro atoms. The van der Waals surface area contributed by atoms with Gasteiger partial charge in [-0.15, -0.1) is 0 Å². The van der Waals surface area contributed by atoms with Crippen molar-refractivity contribution in [3.63, 3.8) is 0 Å². The molecule has 0 saturated heterocycles. The Hall–Kier alpha value is -4.01. The van der Waals surface area contributed by atoms with E-state index in [1.54, 1.807) is 59.0 Å². The van der Waals surface area contributed by atoms with Gasteiger partial charge in [-0.05, 0) is 70.0 Å². The normalized spacial score (nSPS) is 11.2. The highest BCUT2D eigenvalue weighted by atomic mass is 16.6.